The molecule has 0 aromatic heterocycles. The normalized spacial score (nSPS) is 14.1. The van der Waals surface area contributed by atoms with Gasteiger partial charge in [-0.1, -0.05) is 13.0 Å². The lowest BCUT2D eigenvalue weighted by Crippen LogP contribution is -2.02. The van der Waals surface area contributed by atoms with E-state index in [1.165, 1.54) is 28.7 Å². The molecule has 0 N–H and O–H groups in total. The quantitative estimate of drug-likeness (QED) is 0.668. The molecule has 0 heterocycles. The van der Waals surface area contributed by atoms with Gasteiger partial charge in [-0.3, -0.25) is 0 Å². The molecule has 0 spiro atoms. The highest BCUT2D eigenvalue weighted by molar-refractivity contribution is 5.82. The van der Waals surface area contributed by atoms with E-state index in [1.54, 1.807) is 16.7 Å². The van der Waals surface area contributed by atoms with Gasteiger partial charge in [0.25, 0.3) is 0 Å². The van der Waals surface area contributed by atoms with Gasteiger partial charge in [0.1, 0.15) is 0 Å². The molecule has 1 aromatic carbocycles. The molecular formula is C15H20. The second kappa shape index (κ2) is 3.52. The van der Waals surface area contributed by atoms with Crippen molar-refractivity contribution in [3.8, 4) is 0 Å². The zero-order valence-corrected chi connectivity index (χ0v) is 10.5. The van der Waals surface area contributed by atoms with Crippen LogP contribution in [-0.4, -0.2) is 0 Å². The van der Waals surface area contributed by atoms with Crippen LogP contribution in [0, 0.1) is 27.7 Å². The minimum Gasteiger partial charge on any atom is -0.0760 e. The molecule has 1 aliphatic carbocycles. The maximum Gasteiger partial charge on any atom is -0.00882 e. The SMILES string of the molecule is CCc1c(C)c(C)c(C)c(C)c1C1=CC1. The third kappa shape index (κ3) is 1.52. The summed E-state index contributed by atoms with van der Waals surface area (Å²) in [7, 11) is 0. The third-order valence-corrected chi connectivity index (χ3v) is 3.90. The van der Waals surface area contributed by atoms with Crippen molar-refractivity contribution in [2.75, 3.05) is 0 Å². The van der Waals surface area contributed by atoms with Crippen molar-refractivity contribution < 1.29 is 0 Å². The maximum absolute atomic E-state index is 2.34. The lowest BCUT2D eigenvalue weighted by Gasteiger charge is -2.18. The first-order chi connectivity index (χ1) is 7.07. The van der Waals surface area contributed by atoms with Gasteiger partial charge >= 0.3 is 0 Å². The Morgan fingerprint density at radius 2 is 1.47 bits per heavy atom. The predicted octanol–water partition coefficient (Wildman–Crippen LogP) is 4.27. The van der Waals surface area contributed by atoms with Gasteiger partial charge in [0.05, 0.1) is 0 Å². The van der Waals surface area contributed by atoms with Crippen molar-refractivity contribution in [1.29, 1.82) is 0 Å². The van der Waals surface area contributed by atoms with Crippen LogP contribution in [0.3, 0.4) is 0 Å². The van der Waals surface area contributed by atoms with Crippen LogP contribution in [0.2, 0.25) is 0 Å². The molecule has 0 unspecified atom stereocenters. The molecule has 15 heavy (non-hydrogen) atoms. The highest BCUT2D eigenvalue weighted by Crippen LogP contribution is 2.39. The standard InChI is InChI=1S/C15H20/c1-6-14-11(4)9(2)10(3)12(5)15(14)13-7-8-13/h7H,6,8H2,1-5H3. The predicted molar refractivity (Wildman–Crippen MR) is 67.4 cm³/mol. The van der Waals surface area contributed by atoms with Crippen molar-refractivity contribution in [3.05, 3.63) is 39.5 Å². The molecule has 0 fully saturated rings. The first-order valence-electron chi connectivity index (χ1n) is 5.86. The molecule has 0 amide bonds. The van der Waals surface area contributed by atoms with Crippen molar-refractivity contribution in [1.82, 2.24) is 0 Å². The summed E-state index contributed by atoms with van der Waals surface area (Å²) >= 11 is 0. The first-order valence-corrected chi connectivity index (χ1v) is 5.86. The molecule has 0 atom stereocenters. The first kappa shape index (κ1) is 10.5. The zero-order valence-electron chi connectivity index (χ0n) is 10.5. The second-order valence-corrected chi connectivity index (χ2v) is 4.64. The number of allylic oxidation sites excluding steroid dienone is 2. The Morgan fingerprint density at radius 1 is 0.933 bits per heavy atom. The number of hydrogen-bond donors (Lipinski definition) is 0. The van der Waals surface area contributed by atoms with Crippen molar-refractivity contribution >= 4 is 5.57 Å². The Balaban J connectivity index is 2.76. The van der Waals surface area contributed by atoms with Crippen LogP contribution >= 0.6 is 0 Å². The summed E-state index contributed by atoms with van der Waals surface area (Å²) in [4.78, 5) is 0. The van der Waals surface area contributed by atoms with Gasteiger partial charge < -0.3 is 0 Å². The topological polar surface area (TPSA) is 0 Å². The summed E-state index contributed by atoms with van der Waals surface area (Å²) in [5.41, 5.74) is 10.6. The van der Waals surface area contributed by atoms with Gasteiger partial charge in [0.2, 0.25) is 0 Å². The van der Waals surface area contributed by atoms with Gasteiger partial charge in [-0.2, -0.15) is 0 Å². The number of benzene rings is 1. The molecule has 0 radical (unpaired) electrons. The highest BCUT2D eigenvalue weighted by Gasteiger charge is 2.20. The Labute approximate surface area is 93.0 Å². The number of hydrogen-bond acceptors (Lipinski definition) is 0. The van der Waals surface area contributed by atoms with Gasteiger partial charge in [0, 0.05) is 0 Å². The van der Waals surface area contributed by atoms with E-state index < -0.39 is 0 Å². The van der Waals surface area contributed by atoms with E-state index in [-0.39, 0.29) is 0 Å². The smallest absolute Gasteiger partial charge is 0.00882 e. The van der Waals surface area contributed by atoms with E-state index in [9.17, 15) is 0 Å². The molecule has 1 aliphatic rings. The maximum atomic E-state index is 2.34. The lowest BCUT2D eigenvalue weighted by atomic mass is 9.86. The van der Waals surface area contributed by atoms with Crippen molar-refractivity contribution in [2.24, 2.45) is 0 Å². The molecule has 2 rings (SSSR count). The Hall–Kier alpha value is -1.04. The molecule has 0 saturated heterocycles. The fraction of sp³-hybridized carbons (Fsp3) is 0.467. The van der Waals surface area contributed by atoms with Crippen LogP contribution in [0.1, 0.15) is 46.7 Å². The largest absolute Gasteiger partial charge is 0.0760 e. The van der Waals surface area contributed by atoms with Crippen LogP contribution in [0.15, 0.2) is 6.08 Å². The third-order valence-electron chi connectivity index (χ3n) is 3.90. The molecule has 0 aliphatic heterocycles. The zero-order chi connectivity index (χ0) is 11.2. The Bertz CT molecular complexity index is 448. The van der Waals surface area contributed by atoms with E-state index in [0.717, 1.165) is 6.42 Å². The Morgan fingerprint density at radius 3 is 1.93 bits per heavy atom. The van der Waals surface area contributed by atoms with Gasteiger partial charge in [-0.25, -0.2) is 0 Å². The summed E-state index contributed by atoms with van der Waals surface area (Å²) in [6, 6.07) is 0. The molecular weight excluding hydrogens is 180 g/mol. The molecule has 0 nitrogen and oxygen atoms in total. The average Bonchev–Trinajstić information content (AvgIpc) is 3.03. The Kier molecular flexibility index (Phi) is 2.46. The summed E-state index contributed by atoms with van der Waals surface area (Å²) in [6.07, 6.45) is 4.70. The van der Waals surface area contributed by atoms with Crippen molar-refractivity contribution in [3.63, 3.8) is 0 Å². The molecule has 0 saturated carbocycles. The summed E-state index contributed by atoms with van der Waals surface area (Å²) < 4.78 is 0. The molecule has 80 valence electrons. The molecule has 1 aromatic rings. The van der Waals surface area contributed by atoms with E-state index in [1.807, 2.05) is 0 Å². The summed E-state index contributed by atoms with van der Waals surface area (Å²) in [5, 5.41) is 0. The lowest BCUT2D eigenvalue weighted by molar-refractivity contribution is 1.06. The minimum absolute atomic E-state index is 1.15. The summed E-state index contributed by atoms with van der Waals surface area (Å²) in [5.74, 6) is 0. The van der Waals surface area contributed by atoms with E-state index in [0.29, 0.717) is 0 Å². The minimum atomic E-state index is 1.15. The highest BCUT2D eigenvalue weighted by atomic mass is 14.2. The number of rotatable bonds is 2. The van der Waals surface area contributed by atoms with Gasteiger partial charge in [0.15, 0.2) is 0 Å². The molecule has 0 heteroatoms. The van der Waals surface area contributed by atoms with Gasteiger partial charge in [-0.05, 0) is 79.5 Å². The van der Waals surface area contributed by atoms with Crippen LogP contribution in [0.5, 0.6) is 0 Å². The van der Waals surface area contributed by atoms with Crippen LogP contribution in [0.25, 0.3) is 5.57 Å². The van der Waals surface area contributed by atoms with Crippen molar-refractivity contribution in [2.45, 2.75) is 47.5 Å². The second-order valence-electron chi connectivity index (χ2n) is 4.64. The van der Waals surface area contributed by atoms with E-state index in [4.69, 9.17) is 0 Å². The van der Waals surface area contributed by atoms with E-state index >= 15 is 0 Å². The average molecular weight is 200 g/mol. The fourth-order valence-corrected chi connectivity index (χ4v) is 2.52. The summed E-state index contributed by atoms with van der Waals surface area (Å²) in [6.45, 7) is 11.3. The molecule has 0 bridgehead atoms. The van der Waals surface area contributed by atoms with Crippen LogP contribution < -0.4 is 0 Å². The fourth-order valence-electron chi connectivity index (χ4n) is 2.52. The monoisotopic (exact) mass is 200 g/mol. The van der Waals surface area contributed by atoms with Crippen LogP contribution in [-0.2, 0) is 6.42 Å². The van der Waals surface area contributed by atoms with E-state index in [2.05, 4.69) is 40.7 Å². The van der Waals surface area contributed by atoms with Crippen LogP contribution in [0.4, 0.5) is 0 Å². The van der Waals surface area contributed by atoms with Gasteiger partial charge in [-0.15, -0.1) is 0 Å².